The predicted molar refractivity (Wildman–Crippen MR) is 59.3 cm³/mol. The number of nitrogens with one attached hydrogen (secondary N) is 1. The third kappa shape index (κ3) is 4.61. The molecule has 1 amide bonds. The molecule has 1 rings (SSSR count). The van der Waals surface area contributed by atoms with Gasteiger partial charge in [-0.15, -0.1) is 0 Å². The first-order valence-electron chi connectivity index (χ1n) is 4.94. The van der Waals surface area contributed by atoms with Gasteiger partial charge < -0.3 is 10.8 Å². The van der Waals surface area contributed by atoms with Crippen molar-refractivity contribution >= 4 is 5.91 Å². The molecule has 17 heavy (non-hydrogen) atoms. The molecule has 0 heterocycles. The van der Waals surface area contributed by atoms with Crippen molar-refractivity contribution in [1.29, 1.82) is 5.26 Å². The van der Waals surface area contributed by atoms with Crippen LogP contribution in [0.2, 0.25) is 0 Å². The normalized spacial score (nSPS) is 11.8. The van der Waals surface area contributed by atoms with Gasteiger partial charge >= 0.3 is 0 Å². The fourth-order valence-electron chi connectivity index (χ4n) is 1.16. The molecule has 6 heteroatoms. The van der Waals surface area contributed by atoms with Crippen LogP contribution in [0.1, 0.15) is 17.2 Å². The summed E-state index contributed by atoms with van der Waals surface area (Å²) >= 11 is 0. The summed E-state index contributed by atoms with van der Waals surface area (Å²) in [6.45, 7) is -0.126. The Morgan fingerprint density at radius 3 is 2.71 bits per heavy atom. The quantitative estimate of drug-likeness (QED) is 0.459. The van der Waals surface area contributed by atoms with Crippen LogP contribution in [-0.2, 0) is 9.63 Å². The molecule has 90 valence electrons. The number of hydrogen-bond donors (Lipinski definition) is 3. The van der Waals surface area contributed by atoms with Crippen LogP contribution < -0.4 is 11.2 Å². The smallest absolute Gasteiger partial charge is 0.245 e. The van der Waals surface area contributed by atoms with Crippen LogP contribution in [0.4, 0.5) is 0 Å². The average molecular weight is 235 g/mol. The van der Waals surface area contributed by atoms with Crippen molar-refractivity contribution in [3.63, 3.8) is 0 Å². The van der Waals surface area contributed by atoms with Gasteiger partial charge in [0.25, 0.3) is 0 Å². The summed E-state index contributed by atoms with van der Waals surface area (Å²) in [5.74, 6) is -0.592. The van der Waals surface area contributed by atoms with Crippen molar-refractivity contribution in [3.8, 4) is 6.07 Å². The highest BCUT2D eigenvalue weighted by Gasteiger charge is 2.07. The lowest BCUT2D eigenvalue weighted by atomic mass is 10.1. The highest BCUT2D eigenvalue weighted by molar-refractivity contribution is 5.74. The first kappa shape index (κ1) is 13.1. The summed E-state index contributed by atoms with van der Waals surface area (Å²) in [5, 5.41) is 18.3. The van der Waals surface area contributed by atoms with E-state index in [0.717, 1.165) is 0 Å². The molecule has 0 spiro atoms. The minimum absolute atomic E-state index is 0.124. The van der Waals surface area contributed by atoms with E-state index in [4.69, 9.17) is 15.8 Å². The summed E-state index contributed by atoms with van der Waals surface area (Å²) in [6.07, 6.45) is -0.782. The molecule has 1 aromatic rings. The number of nitriles is 1. The van der Waals surface area contributed by atoms with Crippen LogP contribution in [-0.4, -0.2) is 24.2 Å². The molecule has 0 fully saturated rings. The number of primary amides is 1. The molecule has 0 saturated carbocycles. The van der Waals surface area contributed by atoms with Crippen molar-refractivity contribution < 1.29 is 14.7 Å². The average Bonchev–Trinajstić information content (AvgIpc) is 2.34. The number of carbonyl (C=O) groups excluding carboxylic acids is 1. The Hall–Kier alpha value is -1.94. The highest BCUT2D eigenvalue weighted by Crippen LogP contribution is 2.12. The van der Waals surface area contributed by atoms with Crippen molar-refractivity contribution in [2.24, 2.45) is 5.73 Å². The zero-order valence-electron chi connectivity index (χ0n) is 9.09. The van der Waals surface area contributed by atoms with Crippen LogP contribution in [0.3, 0.4) is 0 Å². The Kier molecular flexibility index (Phi) is 5.10. The van der Waals surface area contributed by atoms with E-state index in [1.54, 1.807) is 24.3 Å². The minimum Gasteiger partial charge on any atom is -0.387 e. The molecule has 1 aromatic carbocycles. The summed E-state index contributed by atoms with van der Waals surface area (Å²) < 4.78 is 0. The van der Waals surface area contributed by atoms with Gasteiger partial charge in [-0.3, -0.25) is 9.63 Å². The van der Waals surface area contributed by atoms with E-state index < -0.39 is 12.0 Å². The van der Waals surface area contributed by atoms with Gasteiger partial charge in [0.1, 0.15) is 6.61 Å². The number of aliphatic hydroxyl groups is 1. The summed E-state index contributed by atoms with van der Waals surface area (Å²) in [7, 11) is 0. The summed E-state index contributed by atoms with van der Waals surface area (Å²) in [5.41, 5.74) is 8.46. The fourth-order valence-corrected chi connectivity index (χ4v) is 1.16. The second-order valence-electron chi connectivity index (χ2n) is 3.35. The number of aliphatic hydroxyl groups excluding tert-OH is 1. The number of nitrogens with two attached hydrogens (primary N) is 1. The molecule has 1 unspecified atom stereocenters. The van der Waals surface area contributed by atoms with Gasteiger partial charge in [-0.25, -0.2) is 0 Å². The Morgan fingerprint density at radius 2 is 2.18 bits per heavy atom. The van der Waals surface area contributed by atoms with Crippen molar-refractivity contribution in [2.45, 2.75) is 6.10 Å². The van der Waals surface area contributed by atoms with Gasteiger partial charge in [0.2, 0.25) is 5.91 Å². The topological polar surface area (TPSA) is 108 Å². The monoisotopic (exact) mass is 235 g/mol. The lowest BCUT2D eigenvalue weighted by Crippen LogP contribution is -2.27. The van der Waals surface area contributed by atoms with Gasteiger partial charge in [0.15, 0.2) is 0 Å². The summed E-state index contributed by atoms with van der Waals surface area (Å²) in [6, 6.07) is 8.52. The van der Waals surface area contributed by atoms with E-state index in [0.29, 0.717) is 11.1 Å². The maximum Gasteiger partial charge on any atom is 0.245 e. The van der Waals surface area contributed by atoms with E-state index in [1.807, 2.05) is 6.07 Å². The standard InChI is InChI=1S/C11H13N3O3/c12-5-8-1-3-9(4-2-8)10(15)6-14-17-7-11(13)16/h1-4,10,14-15H,6-7H2,(H2,13,16). The zero-order valence-corrected chi connectivity index (χ0v) is 9.09. The molecule has 0 aliphatic carbocycles. The number of amides is 1. The molecular weight excluding hydrogens is 222 g/mol. The molecule has 0 aliphatic heterocycles. The maximum atomic E-state index is 10.3. The van der Waals surface area contributed by atoms with E-state index in [-0.39, 0.29) is 13.2 Å². The number of hydrogen-bond acceptors (Lipinski definition) is 5. The number of hydroxylamine groups is 1. The first-order chi connectivity index (χ1) is 8.13. The van der Waals surface area contributed by atoms with Gasteiger partial charge in [-0.05, 0) is 17.7 Å². The lowest BCUT2D eigenvalue weighted by molar-refractivity contribution is -0.125. The minimum atomic E-state index is -0.782. The molecule has 0 saturated heterocycles. The van der Waals surface area contributed by atoms with E-state index in [1.165, 1.54) is 0 Å². The number of rotatable bonds is 6. The fraction of sp³-hybridized carbons (Fsp3) is 0.273. The van der Waals surface area contributed by atoms with Crippen molar-refractivity contribution in [2.75, 3.05) is 13.2 Å². The summed E-state index contributed by atoms with van der Waals surface area (Å²) in [4.78, 5) is 15.0. The number of nitrogens with zero attached hydrogens (tertiary/aromatic N) is 1. The van der Waals surface area contributed by atoms with E-state index in [2.05, 4.69) is 5.48 Å². The number of carbonyl (C=O) groups is 1. The molecule has 0 aromatic heterocycles. The lowest BCUT2D eigenvalue weighted by Gasteiger charge is -2.11. The van der Waals surface area contributed by atoms with Crippen LogP contribution in [0, 0.1) is 11.3 Å². The zero-order chi connectivity index (χ0) is 12.7. The van der Waals surface area contributed by atoms with E-state index >= 15 is 0 Å². The molecule has 0 bridgehead atoms. The molecule has 0 aliphatic rings. The highest BCUT2D eigenvalue weighted by atomic mass is 16.6. The third-order valence-corrected chi connectivity index (χ3v) is 2.02. The second kappa shape index (κ2) is 6.60. The molecular formula is C11H13N3O3. The molecule has 0 radical (unpaired) electrons. The van der Waals surface area contributed by atoms with Gasteiger partial charge in [-0.1, -0.05) is 12.1 Å². The Morgan fingerprint density at radius 1 is 1.53 bits per heavy atom. The van der Waals surface area contributed by atoms with Gasteiger partial charge in [-0.2, -0.15) is 10.7 Å². The Balaban J connectivity index is 2.39. The molecule has 1 atom stereocenters. The van der Waals surface area contributed by atoms with Crippen LogP contribution in [0.25, 0.3) is 0 Å². The van der Waals surface area contributed by atoms with Crippen LogP contribution in [0.5, 0.6) is 0 Å². The molecule has 6 nitrogen and oxygen atoms in total. The van der Waals surface area contributed by atoms with Gasteiger partial charge in [0, 0.05) is 0 Å². The van der Waals surface area contributed by atoms with E-state index in [9.17, 15) is 9.90 Å². The van der Waals surface area contributed by atoms with Crippen molar-refractivity contribution in [1.82, 2.24) is 5.48 Å². The Labute approximate surface area is 98.6 Å². The predicted octanol–water partition coefficient (Wildman–Crippen LogP) is -0.402. The van der Waals surface area contributed by atoms with Crippen LogP contribution >= 0.6 is 0 Å². The molecule has 4 N–H and O–H groups in total. The maximum absolute atomic E-state index is 10.3. The van der Waals surface area contributed by atoms with Crippen molar-refractivity contribution in [3.05, 3.63) is 35.4 Å². The second-order valence-corrected chi connectivity index (χ2v) is 3.35. The third-order valence-electron chi connectivity index (χ3n) is 2.02. The number of benzene rings is 1. The SMILES string of the molecule is N#Cc1ccc(C(O)CNOCC(N)=O)cc1. The van der Waals surface area contributed by atoms with Crippen LogP contribution in [0.15, 0.2) is 24.3 Å². The Bertz CT molecular complexity index is 411. The largest absolute Gasteiger partial charge is 0.387 e. The first-order valence-corrected chi connectivity index (χ1v) is 4.94. The van der Waals surface area contributed by atoms with Gasteiger partial charge in [0.05, 0.1) is 24.3 Å².